The Labute approximate surface area is 158 Å². The van der Waals surface area contributed by atoms with E-state index < -0.39 is 0 Å². The summed E-state index contributed by atoms with van der Waals surface area (Å²) in [6.07, 6.45) is 0.427. The van der Waals surface area contributed by atoms with Gasteiger partial charge < -0.3 is 14.8 Å². The van der Waals surface area contributed by atoms with Crippen LogP contribution in [0.4, 0.5) is 0 Å². The zero-order valence-corrected chi connectivity index (χ0v) is 15.6. The van der Waals surface area contributed by atoms with Crippen molar-refractivity contribution >= 4 is 0 Å². The number of benzene rings is 1. The summed E-state index contributed by atoms with van der Waals surface area (Å²) in [5.74, 6) is 3.06. The summed E-state index contributed by atoms with van der Waals surface area (Å²) in [6, 6.07) is 13.8. The average Bonchev–Trinajstić information content (AvgIpc) is 3.13. The van der Waals surface area contributed by atoms with Crippen LogP contribution in [-0.2, 0) is 11.2 Å². The number of rotatable bonds is 5. The molecule has 7 nitrogen and oxygen atoms in total. The Bertz CT molecular complexity index is 918. The fraction of sp³-hybridized carbons (Fsp3) is 0.350. The molecule has 0 amide bonds. The molecule has 1 N–H and O–H groups in total. The zero-order chi connectivity index (χ0) is 18.6. The molecule has 140 valence electrons. The van der Waals surface area contributed by atoms with E-state index in [1.165, 1.54) is 0 Å². The van der Waals surface area contributed by atoms with Crippen molar-refractivity contribution in [1.82, 2.24) is 25.1 Å². The molecule has 0 aliphatic carbocycles. The van der Waals surface area contributed by atoms with Gasteiger partial charge in [-0.2, -0.15) is 4.68 Å². The molecular formula is C20H23N5O2. The number of para-hydroxylation sites is 1. The summed E-state index contributed by atoms with van der Waals surface area (Å²) in [6.45, 7) is 4.18. The van der Waals surface area contributed by atoms with Crippen LogP contribution in [-0.4, -0.2) is 46.6 Å². The third kappa shape index (κ3) is 3.84. The van der Waals surface area contributed by atoms with Gasteiger partial charge in [-0.15, -0.1) is 5.10 Å². The first kappa shape index (κ1) is 17.6. The average molecular weight is 365 g/mol. The van der Waals surface area contributed by atoms with Gasteiger partial charge in [0.15, 0.2) is 17.5 Å². The van der Waals surface area contributed by atoms with Crippen LogP contribution in [0.5, 0.6) is 5.75 Å². The highest BCUT2D eigenvalue weighted by Gasteiger charge is 2.25. The van der Waals surface area contributed by atoms with Crippen LogP contribution in [0.15, 0.2) is 42.5 Å². The first-order valence-electron chi connectivity index (χ1n) is 9.08. The van der Waals surface area contributed by atoms with Crippen molar-refractivity contribution in [2.24, 2.45) is 0 Å². The van der Waals surface area contributed by atoms with Crippen LogP contribution in [0.2, 0.25) is 0 Å². The van der Waals surface area contributed by atoms with Crippen LogP contribution < -0.4 is 10.1 Å². The molecule has 0 saturated carbocycles. The molecule has 1 unspecified atom stereocenters. The summed E-state index contributed by atoms with van der Waals surface area (Å²) < 4.78 is 13.2. The maximum Gasteiger partial charge on any atom is 0.164 e. The van der Waals surface area contributed by atoms with Gasteiger partial charge in [0.1, 0.15) is 11.9 Å². The van der Waals surface area contributed by atoms with E-state index >= 15 is 0 Å². The molecule has 27 heavy (non-hydrogen) atoms. The monoisotopic (exact) mass is 365 g/mol. The second-order valence-electron chi connectivity index (χ2n) is 6.49. The number of pyridine rings is 1. The van der Waals surface area contributed by atoms with E-state index in [-0.39, 0.29) is 6.10 Å². The van der Waals surface area contributed by atoms with E-state index in [2.05, 4.69) is 10.3 Å². The van der Waals surface area contributed by atoms with Crippen molar-refractivity contribution in [3.05, 3.63) is 65.4 Å². The van der Waals surface area contributed by atoms with Crippen molar-refractivity contribution in [2.75, 3.05) is 26.8 Å². The highest BCUT2D eigenvalue weighted by Crippen LogP contribution is 2.23. The minimum absolute atomic E-state index is 0.153. The molecule has 1 saturated heterocycles. The predicted octanol–water partition coefficient (Wildman–Crippen LogP) is 2.23. The Morgan fingerprint density at radius 3 is 2.85 bits per heavy atom. The van der Waals surface area contributed by atoms with Gasteiger partial charge in [-0.25, -0.2) is 9.97 Å². The van der Waals surface area contributed by atoms with E-state index in [0.717, 1.165) is 35.2 Å². The molecule has 1 fully saturated rings. The van der Waals surface area contributed by atoms with Gasteiger partial charge in [-0.3, -0.25) is 0 Å². The largest absolute Gasteiger partial charge is 0.496 e. The molecule has 1 aromatic carbocycles. The summed E-state index contributed by atoms with van der Waals surface area (Å²) in [4.78, 5) is 9.41. The number of nitrogens with one attached hydrogen (secondary N) is 1. The van der Waals surface area contributed by atoms with Gasteiger partial charge in [-0.1, -0.05) is 24.3 Å². The highest BCUT2D eigenvalue weighted by molar-refractivity contribution is 5.35. The van der Waals surface area contributed by atoms with Gasteiger partial charge in [0.2, 0.25) is 0 Å². The highest BCUT2D eigenvalue weighted by atomic mass is 16.5. The molecule has 1 aliphatic rings. The maximum absolute atomic E-state index is 5.93. The van der Waals surface area contributed by atoms with Crippen molar-refractivity contribution in [1.29, 1.82) is 0 Å². The molecule has 1 aliphatic heterocycles. The topological polar surface area (TPSA) is 74.1 Å². The lowest BCUT2D eigenvalue weighted by Crippen LogP contribution is -2.34. The third-order valence-corrected chi connectivity index (χ3v) is 4.52. The Balaban J connectivity index is 1.73. The summed E-state index contributed by atoms with van der Waals surface area (Å²) in [7, 11) is 1.68. The zero-order valence-electron chi connectivity index (χ0n) is 15.6. The number of methoxy groups -OCH3 is 1. The molecule has 0 bridgehead atoms. The van der Waals surface area contributed by atoms with Crippen LogP contribution in [0, 0.1) is 6.92 Å². The number of morpholine rings is 1. The number of aromatic nitrogens is 4. The number of nitrogens with zero attached hydrogens (tertiary/aromatic N) is 4. The van der Waals surface area contributed by atoms with Gasteiger partial charge in [-0.05, 0) is 25.1 Å². The summed E-state index contributed by atoms with van der Waals surface area (Å²) >= 11 is 0. The maximum atomic E-state index is 5.93. The standard InChI is InChI=1S/C20H23N5O2/c1-14-6-5-9-19(22-14)25-20(17-13-21-10-11-27-17)23-18(24-25)12-15-7-3-4-8-16(15)26-2/h3-9,17,21H,10-13H2,1-2H3. The molecule has 3 aromatic rings. The lowest BCUT2D eigenvalue weighted by Gasteiger charge is -2.23. The molecule has 7 heteroatoms. The molecule has 0 spiro atoms. The number of ether oxygens (including phenoxy) is 2. The summed E-state index contributed by atoms with van der Waals surface area (Å²) in [5.41, 5.74) is 1.98. The normalized spacial score (nSPS) is 17.0. The minimum Gasteiger partial charge on any atom is -0.496 e. The second-order valence-corrected chi connectivity index (χ2v) is 6.49. The van der Waals surface area contributed by atoms with E-state index in [1.807, 2.05) is 49.4 Å². The molecular weight excluding hydrogens is 342 g/mol. The van der Waals surface area contributed by atoms with Crippen molar-refractivity contribution in [3.8, 4) is 11.6 Å². The number of hydrogen-bond acceptors (Lipinski definition) is 6. The molecule has 4 rings (SSSR count). The van der Waals surface area contributed by atoms with Crippen LogP contribution in [0.1, 0.15) is 29.0 Å². The van der Waals surface area contributed by atoms with Crippen LogP contribution in [0.3, 0.4) is 0 Å². The lowest BCUT2D eigenvalue weighted by molar-refractivity contribution is 0.0207. The second kappa shape index (κ2) is 7.85. The van der Waals surface area contributed by atoms with Gasteiger partial charge in [0.25, 0.3) is 0 Å². The Hall–Kier alpha value is -2.77. The smallest absolute Gasteiger partial charge is 0.164 e. The first-order chi connectivity index (χ1) is 13.2. The number of hydrogen-bond donors (Lipinski definition) is 1. The van der Waals surface area contributed by atoms with E-state index in [4.69, 9.17) is 19.6 Å². The fourth-order valence-electron chi connectivity index (χ4n) is 3.22. The van der Waals surface area contributed by atoms with Crippen LogP contribution >= 0.6 is 0 Å². The van der Waals surface area contributed by atoms with Crippen molar-refractivity contribution < 1.29 is 9.47 Å². The van der Waals surface area contributed by atoms with E-state index in [9.17, 15) is 0 Å². The van der Waals surface area contributed by atoms with E-state index in [1.54, 1.807) is 11.8 Å². The Morgan fingerprint density at radius 1 is 1.19 bits per heavy atom. The van der Waals surface area contributed by atoms with Gasteiger partial charge in [0.05, 0.1) is 13.7 Å². The fourth-order valence-corrected chi connectivity index (χ4v) is 3.22. The van der Waals surface area contributed by atoms with Gasteiger partial charge >= 0.3 is 0 Å². The minimum atomic E-state index is -0.153. The quantitative estimate of drug-likeness (QED) is 0.747. The van der Waals surface area contributed by atoms with Gasteiger partial charge in [0, 0.05) is 30.8 Å². The Kier molecular flexibility index (Phi) is 5.13. The van der Waals surface area contributed by atoms with Crippen molar-refractivity contribution in [3.63, 3.8) is 0 Å². The molecule has 1 atom stereocenters. The third-order valence-electron chi connectivity index (χ3n) is 4.52. The Morgan fingerprint density at radius 2 is 2.07 bits per heavy atom. The molecule has 0 radical (unpaired) electrons. The van der Waals surface area contributed by atoms with Crippen LogP contribution in [0.25, 0.3) is 5.82 Å². The predicted molar refractivity (Wildman–Crippen MR) is 101 cm³/mol. The SMILES string of the molecule is COc1ccccc1Cc1nc(C2CNCCO2)n(-c2cccc(C)n2)n1. The van der Waals surface area contributed by atoms with E-state index in [0.29, 0.717) is 25.4 Å². The first-order valence-corrected chi connectivity index (χ1v) is 9.08. The molecule has 2 aromatic heterocycles. The molecule has 3 heterocycles. The van der Waals surface area contributed by atoms with Crippen molar-refractivity contribution in [2.45, 2.75) is 19.4 Å². The number of aryl methyl sites for hydroxylation is 1. The lowest BCUT2D eigenvalue weighted by atomic mass is 10.1. The summed E-state index contributed by atoms with van der Waals surface area (Å²) in [5, 5.41) is 8.10.